The second kappa shape index (κ2) is 3.66. The number of hydrogen-bond donors (Lipinski definition) is 1. The first-order valence-electron chi connectivity index (χ1n) is 5.57. The van der Waals surface area contributed by atoms with E-state index >= 15 is 0 Å². The number of pyridine rings is 1. The van der Waals surface area contributed by atoms with Crippen molar-refractivity contribution >= 4 is 5.65 Å². The quantitative estimate of drug-likeness (QED) is 0.762. The number of fused-ring (bicyclic) bond motifs is 1. The van der Waals surface area contributed by atoms with Crippen LogP contribution in [0.1, 0.15) is 24.3 Å². The molecule has 3 heterocycles. The minimum Gasteiger partial charge on any atom is -0.317 e. The van der Waals surface area contributed by atoms with Gasteiger partial charge in [-0.2, -0.15) is 0 Å². The van der Waals surface area contributed by atoms with Crippen molar-refractivity contribution in [3.8, 4) is 0 Å². The second-order valence-electron chi connectivity index (χ2n) is 4.18. The molecule has 0 saturated carbocycles. The largest absolute Gasteiger partial charge is 0.317 e. The predicted octanol–water partition coefficient (Wildman–Crippen LogP) is 1.80. The van der Waals surface area contributed by atoms with Gasteiger partial charge in [0, 0.05) is 18.6 Å². The van der Waals surface area contributed by atoms with Gasteiger partial charge in [-0.25, -0.2) is 4.98 Å². The lowest BCUT2D eigenvalue weighted by Gasteiger charge is -2.22. The summed E-state index contributed by atoms with van der Waals surface area (Å²) in [6.07, 6.45) is 8.58. The summed E-state index contributed by atoms with van der Waals surface area (Å²) in [5, 5.41) is 3.40. The lowest BCUT2D eigenvalue weighted by Crippen LogP contribution is -2.26. The summed E-state index contributed by atoms with van der Waals surface area (Å²) in [5.74, 6) is 0.720. The fourth-order valence-electron chi connectivity index (χ4n) is 2.33. The lowest BCUT2D eigenvalue weighted by atomic mass is 9.91. The molecule has 1 aliphatic heterocycles. The molecule has 1 saturated heterocycles. The van der Waals surface area contributed by atoms with Crippen LogP contribution in [0.5, 0.6) is 0 Å². The van der Waals surface area contributed by atoms with Crippen molar-refractivity contribution in [3.63, 3.8) is 0 Å². The molecule has 1 aliphatic rings. The van der Waals surface area contributed by atoms with E-state index in [0.29, 0.717) is 0 Å². The number of nitrogens with zero attached hydrogens (tertiary/aromatic N) is 2. The Morgan fingerprint density at radius 2 is 2.13 bits per heavy atom. The van der Waals surface area contributed by atoms with Crippen LogP contribution >= 0.6 is 0 Å². The zero-order valence-electron chi connectivity index (χ0n) is 8.69. The molecule has 0 unspecified atom stereocenters. The Kier molecular flexibility index (Phi) is 2.18. The van der Waals surface area contributed by atoms with Gasteiger partial charge in [-0.1, -0.05) is 6.07 Å². The van der Waals surface area contributed by atoms with E-state index in [9.17, 15) is 0 Å². The highest BCUT2D eigenvalue weighted by molar-refractivity contribution is 5.40. The smallest absolute Gasteiger partial charge is 0.136 e. The number of aromatic nitrogens is 2. The zero-order valence-corrected chi connectivity index (χ0v) is 8.69. The van der Waals surface area contributed by atoms with E-state index in [2.05, 4.69) is 33.0 Å². The molecular weight excluding hydrogens is 186 g/mol. The highest BCUT2D eigenvalue weighted by atomic mass is 15.0. The van der Waals surface area contributed by atoms with E-state index in [1.165, 1.54) is 18.4 Å². The van der Waals surface area contributed by atoms with Crippen molar-refractivity contribution in [3.05, 3.63) is 36.3 Å². The molecule has 15 heavy (non-hydrogen) atoms. The molecule has 1 fully saturated rings. The van der Waals surface area contributed by atoms with Crippen LogP contribution in [0.4, 0.5) is 0 Å². The summed E-state index contributed by atoms with van der Waals surface area (Å²) in [6, 6.07) is 4.33. The molecule has 3 nitrogen and oxygen atoms in total. The van der Waals surface area contributed by atoms with Crippen LogP contribution in [0.15, 0.2) is 30.7 Å². The first-order chi connectivity index (χ1) is 7.43. The third kappa shape index (κ3) is 1.63. The topological polar surface area (TPSA) is 29.3 Å². The Bertz CT molecular complexity index is 455. The summed E-state index contributed by atoms with van der Waals surface area (Å²) in [6.45, 7) is 2.29. The van der Waals surface area contributed by atoms with Gasteiger partial charge in [-0.3, -0.25) is 0 Å². The fourth-order valence-corrected chi connectivity index (χ4v) is 2.33. The maximum Gasteiger partial charge on any atom is 0.136 e. The fraction of sp³-hybridized carbons (Fsp3) is 0.417. The average Bonchev–Trinajstić information content (AvgIpc) is 2.77. The number of imidazole rings is 1. The molecule has 2 aromatic rings. The molecule has 3 heteroatoms. The van der Waals surface area contributed by atoms with Gasteiger partial charge >= 0.3 is 0 Å². The lowest BCUT2D eigenvalue weighted by molar-refractivity contribution is 0.459. The zero-order chi connectivity index (χ0) is 10.1. The van der Waals surface area contributed by atoms with Crippen molar-refractivity contribution in [1.82, 2.24) is 14.7 Å². The Hall–Kier alpha value is -1.35. The first kappa shape index (κ1) is 8.92. The summed E-state index contributed by atoms with van der Waals surface area (Å²) in [5.41, 5.74) is 2.48. The van der Waals surface area contributed by atoms with Gasteiger partial charge in [0.15, 0.2) is 0 Å². The molecule has 0 aromatic carbocycles. The molecule has 0 amide bonds. The van der Waals surface area contributed by atoms with Crippen LogP contribution < -0.4 is 5.32 Å². The van der Waals surface area contributed by atoms with Crippen molar-refractivity contribution < 1.29 is 0 Å². The summed E-state index contributed by atoms with van der Waals surface area (Å²) in [4.78, 5) is 4.26. The van der Waals surface area contributed by atoms with E-state index in [0.717, 1.165) is 24.7 Å². The van der Waals surface area contributed by atoms with Gasteiger partial charge in [0.05, 0.1) is 0 Å². The Balaban J connectivity index is 1.95. The summed E-state index contributed by atoms with van der Waals surface area (Å²) < 4.78 is 2.11. The molecule has 0 aliphatic carbocycles. The maximum absolute atomic E-state index is 4.26. The Morgan fingerprint density at radius 3 is 3.00 bits per heavy atom. The van der Waals surface area contributed by atoms with E-state index in [1.54, 1.807) is 0 Å². The van der Waals surface area contributed by atoms with Crippen LogP contribution in [-0.2, 0) is 0 Å². The maximum atomic E-state index is 4.26. The van der Waals surface area contributed by atoms with E-state index in [4.69, 9.17) is 0 Å². The molecule has 78 valence electrons. The van der Waals surface area contributed by atoms with Crippen LogP contribution in [0, 0.1) is 0 Å². The highest BCUT2D eigenvalue weighted by Crippen LogP contribution is 2.24. The monoisotopic (exact) mass is 201 g/mol. The van der Waals surface area contributed by atoms with E-state index in [1.807, 2.05) is 12.4 Å². The summed E-state index contributed by atoms with van der Waals surface area (Å²) >= 11 is 0. The molecule has 2 aromatic heterocycles. The molecule has 0 bridgehead atoms. The van der Waals surface area contributed by atoms with Gasteiger partial charge in [-0.15, -0.1) is 0 Å². The predicted molar refractivity (Wildman–Crippen MR) is 60.0 cm³/mol. The third-order valence-corrected chi connectivity index (χ3v) is 3.22. The van der Waals surface area contributed by atoms with E-state index < -0.39 is 0 Å². The van der Waals surface area contributed by atoms with Crippen molar-refractivity contribution in [2.45, 2.75) is 18.8 Å². The normalized spacial score (nSPS) is 18.4. The Morgan fingerprint density at radius 1 is 1.27 bits per heavy atom. The first-order valence-corrected chi connectivity index (χ1v) is 5.57. The second-order valence-corrected chi connectivity index (χ2v) is 4.18. The Labute approximate surface area is 89.1 Å². The van der Waals surface area contributed by atoms with Crippen molar-refractivity contribution in [2.75, 3.05) is 13.1 Å². The molecule has 0 atom stereocenters. The molecular formula is C12H15N3. The van der Waals surface area contributed by atoms with Crippen molar-refractivity contribution in [1.29, 1.82) is 0 Å². The van der Waals surface area contributed by atoms with Gasteiger partial charge in [0.2, 0.25) is 0 Å². The van der Waals surface area contributed by atoms with Crippen LogP contribution in [0.2, 0.25) is 0 Å². The SMILES string of the molecule is c1cn2cc(C3CCNCC3)ccc2n1. The minimum absolute atomic E-state index is 0.720. The molecule has 0 spiro atoms. The van der Waals surface area contributed by atoms with Crippen LogP contribution in [0.25, 0.3) is 5.65 Å². The number of hydrogen-bond acceptors (Lipinski definition) is 2. The molecule has 1 N–H and O–H groups in total. The van der Waals surface area contributed by atoms with Gasteiger partial charge in [0.1, 0.15) is 5.65 Å². The van der Waals surface area contributed by atoms with Crippen LogP contribution in [0.3, 0.4) is 0 Å². The van der Waals surface area contributed by atoms with Gasteiger partial charge in [0.25, 0.3) is 0 Å². The molecule has 3 rings (SSSR count). The minimum atomic E-state index is 0.720. The number of piperidine rings is 1. The third-order valence-electron chi connectivity index (χ3n) is 3.22. The van der Waals surface area contributed by atoms with Gasteiger partial charge < -0.3 is 9.72 Å². The number of rotatable bonds is 1. The van der Waals surface area contributed by atoms with Crippen molar-refractivity contribution in [2.24, 2.45) is 0 Å². The summed E-state index contributed by atoms with van der Waals surface area (Å²) in [7, 11) is 0. The van der Waals surface area contributed by atoms with Crippen LogP contribution in [-0.4, -0.2) is 22.5 Å². The number of nitrogens with one attached hydrogen (secondary N) is 1. The standard InChI is InChI=1S/C12H15N3/c1-2-12-14-7-8-15(12)9-11(1)10-3-5-13-6-4-10/h1-2,7-10,13H,3-6H2. The average molecular weight is 201 g/mol. The van der Waals surface area contributed by atoms with Gasteiger partial charge in [-0.05, 0) is 43.5 Å². The highest BCUT2D eigenvalue weighted by Gasteiger charge is 2.15. The molecule has 0 radical (unpaired) electrons. The van der Waals surface area contributed by atoms with E-state index in [-0.39, 0.29) is 0 Å².